The molecule has 1 unspecified atom stereocenters. The number of amides is 1. The maximum Gasteiger partial charge on any atom is 0.390 e. The molecule has 0 spiro atoms. The van der Waals surface area contributed by atoms with Crippen LogP contribution in [-0.4, -0.2) is 54.8 Å². The topological polar surface area (TPSA) is 80.6 Å². The molecule has 2 heterocycles. The van der Waals surface area contributed by atoms with Crippen LogP contribution in [0.2, 0.25) is 0 Å². The maximum atomic E-state index is 13.7. The van der Waals surface area contributed by atoms with E-state index in [1.54, 1.807) is 23.1 Å². The summed E-state index contributed by atoms with van der Waals surface area (Å²) in [7, 11) is 1.50. The van der Waals surface area contributed by atoms with Crippen molar-refractivity contribution in [3.05, 3.63) is 59.0 Å². The van der Waals surface area contributed by atoms with E-state index in [0.29, 0.717) is 42.9 Å². The third-order valence-corrected chi connectivity index (χ3v) is 6.59. The number of halogens is 4. The van der Waals surface area contributed by atoms with Crippen LogP contribution in [0, 0.1) is 5.82 Å². The molecule has 1 atom stereocenters. The van der Waals surface area contributed by atoms with Gasteiger partial charge in [0.25, 0.3) is 0 Å². The van der Waals surface area contributed by atoms with Crippen molar-refractivity contribution in [3.63, 3.8) is 0 Å². The number of ether oxygens (including phenoxy) is 2. The fraction of sp³-hybridized carbons (Fsp3) is 0.423. The van der Waals surface area contributed by atoms with E-state index in [0.717, 1.165) is 22.0 Å². The Morgan fingerprint density at radius 2 is 2.03 bits per heavy atom. The van der Waals surface area contributed by atoms with Gasteiger partial charge in [-0.1, -0.05) is 6.07 Å². The largest absolute Gasteiger partial charge is 0.493 e. The quantitative estimate of drug-likeness (QED) is 0.395. The van der Waals surface area contributed by atoms with Gasteiger partial charge in [-0.2, -0.15) is 13.2 Å². The molecule has 1 aliphatic heterocycles. The standard InChI is InChI=1S/C26H29F4N3O3/c1-35-23-7-4-16(11-24(31)34)21-13-19(15-36-25(21)23)33(10-8-26(28,29)30)9-2-3-17-14-32-22-6-5-18(27)12-20(17)22/h4-7,12,14,19,32H,2-3,8-11,13,15H2,1H3,(H2,31,34). The first kappa shape index (κ1) is 25.8. The van der Waals surface area contributed by atoms with Gasteiger partial charge in [-0.3, -0.25) is 9.69 Å². The molecule has 0 fully saturated rings. The number of aromatic nitrogens is 1. The highest BCUT2D eigenvalue weighted by Crippen LogP contribution is 2.38. The monoisotopic (exact) mass is 507 g/mol. The minimum Gasteiger partial charge on any atom is -0.493 e. The highest BCUT2D eigenvalue weighted by atomic mass is 19.4. The van der Waals surface area contributed by atoms with E-state index < -0.39 is 18.5 Å². The number of hydrogen-bond acceptors (Lipinski definition) is 4. The second-order valence-electron chi connectivity index (χ2n) is 9.06. The van der Waals surface area contributed by atoms with E-state index in [9.17, 15) is 22.4 Å². The van der Waals surface area contributed by atoms with Crippen molar-refractivity contribution in [3.8, 4) is 11.5 Å². The van der Waals surface area contributed by atoms with Crippen LogP contribution in [0.15, 0.2) is 36.5 Å². The number of H-pyrrole nitrogens is 1. The highest BCUT2D eigenvalue weighted by Gasteiger charge is 2.33. The number of fused-ring (bicyclic) bond motifs is 2. The average molecular weight is 508 g/mol. The first-order valence-corrected chi connectivity index (χ1v) is 11.8. The van der Waals surface area contributed by atoms with Crippen LogP contribution in [0.1, 0.15) is 29.5 Å². The molecule has 0 saturated heterocycles. The van der Waals surface area contributed by atoms with Gasteiger partial charge < -0.3 is 20.2 Å². The molecule has 1 amide bonds. The number of nitrogens with one attached hydrogen (secondary N) is 1. The summed E-state index contributed by atoms with van der Waals surface area (Å²) in [6.45, 7) is 0.417. The second kappa shape index (κ2) is 10.8. The molecular formula is C26H29F4N3O3. The van der Waals surface area contributed by atoms with Crippen LogP contribution in [0.25, 0.3) is 10.9 Å². The molecule has 6 nitrogen and oxygen atoms in total. The Morgan fingerprint density at radius 1 is 1.22 bits per heavy atom. The summed E-state index contributed by atoms with van der Waals surface area (Å²) < 4.78 is 64.4. The summed E-state index contributed by atoms with van der Waals surface area (Å²) in [5, 5.41) is 0.773. The van der Waals surface area contributed by atoms with Gasteiger partial charge in [-0.05, 0) is 61.2 Å². The molecule has 0 radical (unpaired) electrons. The number of nitrogens with zero attached hydrogens (tertiary/aromatic N) is 1. The summed E-state index contributed by atoms with van der Waals surface area (Å²) in [5.41, 5.74) is 8.55. The zero-order valence-electron chi connectivity index (χ0n) is 20.0. The van der Waals surface area contributed by atoms with Crippen LogP contribution in [-0.2, 0) is 24.1 Å². The lowest BCUT2D eigenvalue weighted by atomic mass is 9.93. The Balaban J connectivity index is 1.52. The van der Waals surface area contributed by atoms with Gasteiger partial charge in [0.2, 0.25) is 5.91 Å². The molecule has 1 aliphatic rings. The molecule has 1 aromatic heterocycles. The number of hydrogen-bond donors (Lipinski definition) is 2. The SMILES string of the molecule is COc1ccc(CC(N)=O)c2c1OCC(N(CCCc1c[nH]c3ccc(F)cc13)CCC(F)(F)F)C2. The average Bonchev–Trinajstić information content (AvgIpc) is 3.22. The van der Waals surface area contributed by atoms with Gasteiger partial charge in [0, 0.05) is 35.2 Å². The molecule has 3 aromatic rings. The Bertz CT molecular complexity index is 1230. The molecule has 10 heteroatoms. The van der Waals surface area contributed by atoms with E-state index >= 15 is 0 Å². The normalized spacial score (nSPS) is 15.7. The maximum absolute atomic E-state index is 13.7. The third kappa shape index (κ3) is 6.10. The lowest BCUT2D eigenvalue weighted by Gasteiger charge is -2.36. The number of carbonyl (C=O) groups excluding carboxylic acids is 1. The number of benzene rings is 2. The van der Waals surface area contributed by atoms with E-state index in [-0.39, 0.29) is 31.4 Å². The Hall–Kier alpha value is -3.27. The van der Waals surface area contributed by atoms with Crippen molar-refractivity contribution in [1.82, 2.24) is 9.88 Å². The first-order valence-electron chi connectivity index (χ1n) is 11.8. The number of aromatic amines is 1. The van der Waals surface area contributed by atoms with Gasteiger partial charge in [-0.25, -0.2) is 4.39 Å². The zero-order valence-corrected chi connectivity index (χ0v) is 20.0. The predicted octanol–water partition coefficient (Wildman–Crippen LogP) is 4.53. The van der Waals surface area contributed by atoms with Crippen LogP contribution >= 0.6 is 0 Å². The lowest BCUT2D eigenvalue weighted by Crippen LogP contribution is -2.45. The van der Waals surface area contributed by atoms with Gasteiger partial charge >= 0.3 is 6.18 Å². The predicted molar refractivity (Wildman–Crippen MR) is 128 cm³/mol. The molecule has 4 rings (SSSR count). The Kier molecular flexibility index (Phi) is 7.73. The van der Waals surface area contributed by atoms with Crippen LogP contribution in [0.4, 0.5) is 17.6 Å². The fourth-order valence-electron chi connectivity index (χ4n) is 4.83. The van der Waals surface area contributed by atoms with Crippen LogP contribution in [0.5, 0.6) is 11.5 Å². The lowest BCUT2D eigenvalue weighted by molar-refractivity contribution is -0.139. The van der Waals surface area contributed by atoms with E-state index in [1.807, 2.05) is 6.20 Å². The third-order valence-electron chi connectivity index (χ3n) is 6.59. The van der Waals surface area contributed by atoms with Gasteiger partial charge in [0.05, 0.1) is 20.0 Å². The molecule has 2 aromatic carbocycles. The van der Waals surface area contributed by atoms with Crippen molar-refractivity contribution in [2.24, 2.45) is 5.73 Å². The van der Waals surface area contributed by atoms with E-state index in [4.69, 9.17) is 15.2 Å². The zero-order chi connectivity index (χ0) is 25.9. The van der Waals surface area contributed by atoms with Gasteiger partial charge in [0.15, 0.2) is 11.5 Å². The summed E-state index contributed by atoms with van der Waals surface area (Å²) in [6, 6.07) is 7.62. The molecule has 0 aliphatic carbocycles. The smallest absolute Gasteiger partial charge is 0.390 e. The summed E-state index contributed by atoms with van der Waals surface area (Å²) in [6.07, 6.45) is -1.85. The van der Waals surface area contributed by atoms with Gasteiger partial charge in [0.1, 0.15) is 12.4 Å². The van der Waals surface area contributed by atoms with E-state index in [1.165, 1.54) is 19.2 Å². The second-order valence-corrected chi connectivity index (χ2v) is 9.06. The number of methoxy groups -OCH3 is 1. The molecular weight excluding hydrogens is 478 g/mol. The molecule has 194 valence electrons. The summed E-state index contributed by atoms with van der Waals surface area (Å²) in [5.74, 6) is 0.165. The minimum absolute atomic E-state index is 0.00207. The number of aryl methyl sites for hydroxylation is 1. The molecule has 3 N–H and O–H groups in total. The molecule has 0 bridgehead atoms. The number of carbonyl (C=O) groups is 1. The van der Waals surface area contributed by atoms with Crippen LogP contribution < -0.4 is 15.2 Å². The Morgan fingerprint density at radius 3 is 2.75 bits per heavy atom. The van der Waals surface area contributed by atoms with E-state index in [2.05, 4.69) is 4.98 Å². The minimum atomic E-state index is -4.29. The number of nitrogens with two attached hydrogens (primary N) is 1. The van der Waals surface area contributed by atoms with Crippen molar-refractivity contribution in [1.29, 1.82) is 0 Å². The molecule has 0 saturated carbocycles. The first-order chi connectivity index (χ1) is 17.1. The van der Waals surface area contributed by atoms with Gasteiger partial charge in [-0.15, -0.1) is 0 Å². The molecule has 36 heavy (non-hydrogen) atoms. The highest BCUT2D eigenvalue weighted by molar-refractivity contribution is 5.83. The number of alkyl halides is 3. The number of rotatable bonds is 10. The number of primary amides is 1. The summed E-state index contributed by atoms with van der Waals surface area (Å²) in [4.78, 5) is 16.5. The Labute approximate surface area is 206 Å². The van der Waals surface area contributed by atoms with Crippen molar-refractivity contribution in [2.75, 3.05) is 26.8 Å². The van der Waals surface area contributed by atoms with Crippen LogP contribution in [0.3, 0.4) is 0 Å². The summed E-state index contributed by atoms with van der Waals surface area (Å²) >= 11 is 0. The fourth-order valence-corrected chi connectivity index (χ4v) is 4.83. The van der Waals surface area contributed by atoms with Crippen molar-refractivity contribution in [2.45, 2.75) is 44.3 Å². The van der Waals surface area contributed by atoms with Crippen molar-refractivity contribution >= 4 is 16.8 Å². The van der Waals surface area contributed by atoms with Crippen molar-refractivity contribution < 1.29 is 31.8 Å².